The molecule has 2 fully saturated rings. The summed E-state index contributed by atoms with van der Waals surface area (Å²) in [5.74, 6) is 3.43. The van der Waals surface area contributed by atoms with E-state index in [-0.39, 0.29) is 12.1 Å². The Morgan fingerprint density at radius 3 is 2.00 bits per heavy atom. The summed E-state index contributed by atoms with van der Waals surface area (Å²) >= 11 is 0. The number of hydrogen-bond acceptors (Lipinski definition) is 2. The van der Waals surface area contributed by atoms with Crippen molar-refractivity contribution in [1.82, 2.24) is 0 Å². The van der Waals surface area contributed by atoms with Crippen LogP contribution in [0.4, 0.5) is 0 Å². The zero-order valence-corrected chi connectivity index (χ0v) is 14.3. The van der Waals surface area contributed by atoms with Crippen LogP contribution in [0.15, 0.2) is 0 Å². The molecule has 0 saturated heterocycles. The van der Waals surface area contributed by atoms with Crippen molar-refractivity contribution in [3.63, 3.8) is 0 Å². The molecule has 0 aromatic carbocycles. The Bertz CT molecular complexity index is 310. The van der Waals surface area contributed by atoms with Crippen LogP contribution in [0.25, 0.3) is 0 Å². The molecule has 2 aliphatic rings. The Hall–Kier alpha value is -0.530. The molecule has 0 bridgehead atoms. The molecule has 2 aliphatic carbocycles. The molecule has 0 amide bonds. The van der Waals surface area contributed by atoms with E-state index in [4.69, 9.17) is 4.74 Å². The first kappa shape index (κ1) is 16.8. The lowest BCUT2D eigenvalue weighted by Crippen LogP contribution is -2.31. The fraction of sp³-hybridized carbons (Fsp3) is 0.947. The van der Waals surface area contributed by atoms with E-state index in [2.05, 4.69) is 13.8 Å². The van der Waals surface area contributed by atoms with Crippen molar-refractivity contribution >= 4 is 5.97 Å². The third kappa shape index (κ3) is 5.00. The summed E-state index contributed by atoms with van der Waals surface area (Å²) in [6.07, 6.45) is 14.0. The van der Waals surface area contributed by atoms with Gasteiger partial charge >= 0.3 is 5.97 Å². The molecule has 2 rings (SSSR count). The molecule has 0 spiro atoms. The Morgan fingerprint density at radius 1 is 1.00 bits per heavy atom. The van der Waals surface area contributed by atoms with E-state index >= 15 is 0 Å². The third-order valence-corrected chi connectivity index (χ3v) is 6.09. The van der Waals surface area contributed by atoms with E-state index in [0.29, 0.717) is 5.92 Å². The minimum Gasteiger partial charge on any atom is -0.463 e. The summed E-state index contributed by atoms with van der Waals surface area (Å²) in [5, 5.41) is 0. The fourth-order valence-electron chi connectivity index (χ4n) is 4.80. The molecule has 122 valence electrons. The molecule has 0 radical (unpaired) electrons. The lowest BCUT2D eigenvalue weighted by molar-refractivity contribution is -0.148. The highest BCUT2D eigenvalue weighted by atomic mass is 16.5. The Balaban J connectivity index is 1.71. The van der Waals surface area contributed by atoms with Gasteiger partial charge < -0.3 is 4.74 Å². The normalized spacial score (nSPS) is 35.2. The van der Waals surface area contributed by atoms with Crippen molar-refractivity contribution in [3.05, 3.63) is 0 Å². The van der Waals surface area contributed by atoms with Crippen molar-refractivity contribution in [1.29, 1.82) is 0 Å². The maximum absolute atomic E-state index is 11.1. The van der Waals surface area contributed by atoms with Crippen LogP contribution in [-0.4, -0.2) is 12.1 Å². The van der Waals surface area contributed by atoms with Crippen LogP contribution >= 0.6 is 0 Å². The summed E-state index contributed by atoms with van der Waals surface area (Å²) in [6.45, 7) is 5.91. The molecular weight excluding hydrogens is 260 g/mol. The Labute approximate surface area is 131 Å². The van der Waals surface area contributed by atoms with Gasteiger partial charge in [-0.15, -0.1) is 0 Å². The molecule has 1 unspecified atom stereocenters. The van der Waals surface area contributed by atoms with Crippen LogP contribution in [0.2, 0.25) is 0 Å². The maximum atomic E-state index is 11.1. The van der Waals surface area contributed by atoms with Gasteiger partial charge in [0.15, 0.2) is 0 Å². The predicted octanol–water partition coefficient (Wildman–Crippen LogP) is 5.35. The standard InChI is InChI=1S/C19H34O2/c1-4-5-16-6-8-18(9-7-16)19-12-10-17(11-13-19)14(2)21-15(3)20/h14,16-19H,4-13H2,1-3H3. The van der Waals surface area contributed by atoms with Gasteiger partial charge in [-0.1, -0.05) is 32.6 Å². The number of carbonyl (C=O) groups is 1. The molecule has 0 heterocycles. The monoisotopic (exact) mass is 294 g/mol. The molecule has 0 aromatic rings. The topological polar surface area (TPSA) is 26.3 Å². The lowest BCUT2D eigenvalue weighted by atomic mass is 9.68. The minimum absolute atomic E-state index is 0.115. The van der Waals surface area contributed by atoms with Crippen LogP contribution < -0.4 is 0 Å². The number of rotatable bonds is 5. The van der Waals surface area contributed by atoms with E-state index in [1.165, 1.54) is 71.1 Å². The molecule has 2 saturated carbocycles. The molecule has 2 nitrogen and oxygen atoms in total. The summed E-state index contributed by atoms with van der Waals surface area (Å²) in [4.78, 5) is 11.1. The largest absolute Gasteiger partial charge is 0.463 e. The van der Waals surface area contributed by atoms with E-state index in [1.54, 1.807) is 0 Å². The number of hydrogen-bond donors (Lipinski definition) is 0. The van der Waals surface area contributed by atoms with Gasteiger partial charge in [-0.05, 0) is 69.1 Å². The predicted molar refractivity (Wildman–Crippen MR) is 87.0 cm³/mol. The van der Waals surface area contributed by atoms with Crippen LogP contribution in [0.3, 0.4) is 0 Å². The first-order chi connectivity index (χ1) is 10.1. The summed E-state index contributed by atoms with van der Waals surface area (Å²) in [5.41, 5.74) is 0. The molecule has 0 aliphatic heterocycles. The second-order valence-corrected chi connectivity index (χ2v) is 7.56. The third-order valence-electron chi connectivity index (χ3n) is 6.09. The highest BCUT2D eigenvalue weighted by Gasteiger charge is 2.32. The van der Waals surface area contributed by atoms with E-state index in [9.17, 15) is 4.79 Å². The van der Waals surface area contributed by atoms with Crippen molar-refractivity contribution in [2.75, 3.05) is 0 Å². The second-order valence-electron chi connectivity index (χ2n) is 7.56. The number of ether oxygens (including phenoxy) is 1. The number of carbonyl (C=O) groups excluding carboxylic acids is 1. The number of esters is 1. The van der Waals surface area contributed by atoms with Gasteiger partial charge in [0.25, 0.3) is 0 Å². The highest BCUT2D eigenvalue weighted by molar-refractivity contribution is 5.66. The molecule has 21 heavy (non-hydrogen) atoms. The van der Waals surface area contributed by atoms with Gasteiger partial charge in [-0.25, -0.2) is 0 Å². The summed E-state index contributed by atoms with van der Waals surface area (Å²) in [7, 11) is 0. The van der Waals surface area contributed by atoms with Gasteiger partial charge in [-0.3, -0.25) is 4.79 Å². The fourth-order valence-corrected chi connectivity index (χ4v) is 4.80. The van der Waals surface area contributed by atoms with Crippen molar-refractivity contribution in [2.45, 2.75) is 91.1 Å². The van der Waals surface area contributed by atoms with Crippen molar-refractivity contribution < 1.29 is 9.53 Å². The molecule has 0 N–H and O–H groups in total. The first-order valence-electron chi connectivity index (χ1n) is 9.27. The van der Waals surface area contributed by atoms with E-state index in [0.717, 1.165) is 17.8 Å². The lowest BCUT2D eigenvalue weighted by Gasteiger charge is -2.39. The van der Waals surface area contributed by atoms with Crippen LogP contribution in [-0.2, 0) is 9.53 Å². The van der Waals surface area contributed by atoms with Gasteiger partial charge in [0.2, 0.25) is 0 Å². The first-order valence-corrected chi connectivity index (χ1v) is 9.27. The Morgan fingerprint density at radius 2 is 1.52 bits per heavy atom. The Kier molecular flexibility index (Phi) is 6.57. The highest BCUT2D eigenvalue weighted by Crippen LogP contribution is 2.42. The minimum atomic E-state index is -0.126. The van der Waals surface area contributed by atoms with Crippen molar-refractivity contribution in [3.8, 4) is 0 Å². The maximum Gasteiger partial charge on any atom is 0.302 e. The van der Waals surface area contributed by atoms with Gasteiger partial charge in [0.1, 0.15) is 6.10 Å². The molecular formula is C19H34O2. The zero-order valence-electron chi connectivity index (χ0n) is 14.3. The van der Waals surface area contributed by atoms with Crippen molar-refractivity contribution in [2.24, 2.45) is 23.7 Å². The van der Waals surface area contributed by atoms with Gasteiger partial charge in [-0.2, -0.15) is 0 Å². The average molecular weight is 294 g/mol. The smallest absolute Gasteiger partial charge is 0.302 e. The molecule has 2 heteroatoms. The average Bonchev–Trinajstić information content (AvgIpc) is 2.48. The van der Waals surface area contributed by atoms with E-state index in [1.807, 2.05) is 0 Å². The SMILES string of the molecule is CCCC1CCC(C2CCC(C(C)OC(C)=O)CC2)CC1. The molecule has 1 atom stereocenters. The zero-order chi connectivity index (χ0) is 15.2. The van der Waals surface area contributed by atoms with Crippen LogP contribution in [0.1, 0.15) is 85.0 Å². The summed E-state index contributed by atoms with van der Waals surface area (Å²) < 4.78 is 5.37. The second kappa shape index (κ2) is 8.19. The molecule has 0 aromatic heterocycles. The van der Waals surface area contributed by atoms with Crippen LogP contribution in [0.5, 0.6) is 0 Å². The van der Waals surface area contributed by atoms with E-state index < -0.39 is 0 Å². The van der Waals surface area contributed by atoms with Crippen LogP contribution in [0, 0.1) is 23.7 Å². The summed E-state index contributed by atoms with van der Waals surface area (Å²) in [6, 6.07) is 0. The quantitative estimate of drug-likeness (QED) is 0.639. The van der Waals surface area contributed by atoms with Gasteiger partial charge in [0, 0.05) is 6.92 Å². The van der Waals surface area contributed by atoms with Gasteiger partial charge in [0.05, 0.1) is 0 Å².